The summed E-state index contributed by atoms with van der Waals surface area (Å²) in [4.78, 5) is 7.25. The van der Waals surface area contributed by atoms with Crippen molar-refractivity contribution < 1.29 is 17.6 Å². The lowest BCUT2D eigenvalue weighted by Crippen LogP contribution is -2.13. The summed E-state index contributed by atoms with van der Waals surface area (Å²) in [6, 6.07) is 5.43. The first-order valence-corrected chi connectivity index (χ1v) is 7.72. The van der Waals surface area contributed by atoms with E-state index < -0.39 is 23.3 Å². The average molecular weight is 380 g/mol. The Morgan fingerprint density at radius 3 is 1.18 bits per heavy atom. The van der Waals surface area contributed by atoms with Crippen molar-refractivity contribution in [3.05, 3.63) is 82.9 Å². The minimum atomic E-state index is -0.854. The maximum Gasteiger partial charge on any atom is 0.206 e. The molecule has 0 unspecified atom stereocenters. The van der Waals surface area contributed by atoms with Crippen LogP contribution in [0.3, 0.4) is 0 Å². The highest BCUT2D eigenvalue weighted by Gasteiger charge is 2.22. The molecule has 0 N–H and O–H groups in total. The van der Waals surface area contributed by atoms with Gasteiger partial charge >= 0.3 is 0 Å². The normalized spacial score (nSPS) is 16.4. The van der Waals surface area contributed by atoms with E-state index in [9.17, 15) is 17.6 Å². The van der Waals surface area contributed by atoms with Gasteiger partial charge in [0.15, 0.2) is 0 Å². The zero-order chi connectivity index (χ0) is 20.3. The predicted octanol–water partition coefficient (Wildman–Crippen LogP) is 4.57. The number of hydrogen-bond acceptors (Lipinski definition) is 4. The minimum absolute atomic E-state index is 0.0101. The molecule has 0 spiro atoms. The highest BCUT2D eigenvalue weighted by molar-refractivity contribution is 6.46. The van der Waals surface area contributed by atoms with Crippen molar-refractivity contribution in [2.45, 2.75) is 0 Å². The number of aliphatic imine (C=N–C) groups is 2. The number of rotatable bonds is 2. The van der Waals surface area contributed by atoms with Gasteiger partial charge in [0, 0.05) is 23.3 Å². The largest absolute Gasteiger partial charge is 0.207 e. The van der Waals surface area contributed by atoms with Gasteiger partial charge in [-0.2, -0.15) is 20.5 Å². The van der Waals surface area contributed by atoms with E-state index in [0.717, 1.165) is 24.3 Å². The standard InChI is InChI=1S/C20H8F4N4/c21-13-1-11(2-14(22)5-13)17-7-20(28-10-26)18(8-19(17)27-9-25)12-3-15(23)6-16(24)4-12/h1-8H/b27-19-,28-20-. The SMILES string of the molecule is N#C/N=C1C=C(c2cc(F)cc(F)c2)/C(=N\C#N)C=C/1c1cc(F)cc(F)c1. The van der Waals surface area contributed by atoms with Gasteiger partial charge in [-0.05, 0) is 47.5 Å². The molecule has 8 heteroatoms. The number of nitriles is 2. The van der Waals surface area contributed by atoms with Crippen LogP contribution in [0.15, 0.2) is 58.5 Å². The molecular formula is C20H8F4N4. The van der Waals surface area contributed by atoms with E-state index in [1.165, 1.54) is 12.2 Å². The number of halogens is 4. The van der Waals surface area contributed by atoms with Crippen LogP contribution in [0.5, 0.6) is 0 Å². The summed E-state index contributed by atoms with van der Waals surface area (Å²) in [6.45, 7) is 0. The molecule has 0 heterocycles. The third-order valence-corrected chi connectivity index (χ3v) is 3.80. The average Bonchev–Trinajstić information content (AvgIpc) is 2.61. The molecule has 4 nitrogen and oxygen atoms in total. The fourth-order valence-electron chi connectivity index (χ4n) is 2.75. The highest BCUT2D eigenvalue weighted by atomic mass is 19.1. The zero-order valence-electron chi connectivity index (χ0n) is 13.9. The van der Waals surface area contributed by atoms with E-state index in [4.69, 9.17) is 10.5 Å². The Morgan fingerprint density at radius 2 is 0.893 bits per heavy atom. The van der Waals surface area contributed by atoms with Crippen LogP contribution in [0.4, 0.5) is 17.6 Å². The van der Waals surface area contributed by atoms with Crippen molar-refractivity contribution in [2.75, 3.05) is 0 Å². The first kappa shape index (κ1) is 18.7. The van der Waals surface area contributed by atoms with Crippen LogP contribution in [0.2, 0.25) is 0 Å². The van der Waals surface area contributed by atoms with Gasteiger partial charge in [-0.25, -0.2) is 17.6 Å². The minimum Gasteiger partial charge on any atom is -0.207 e. The van der Waals surface area contributed by atoms with Crippen LogP contribution in [0.1, 0.15) is 11.1 Å². The lowest BCUT2D eigenvalue weighted by Gasteiger charge is -2.17. The van der Waals surface area contributed by atoms with Gasteiger partial charge in [0.2, 0.25) is 12.4 Å². The third-order valence-electron chi connectivity index (χ3n) is 3.80. The second-order valence-corrected chi connectivity index (χ2v) is 5.63. The topological polar surface area (TPSA) is 72.3 Å². The van der Waals surface area contributed by atoms with Crippen LogP contribution in [0.25, 0.3) is 11.1 Å². The summed E-state index contributed by atoms with van der Waals surface area (Å²) in [5.74, 6) is -3.41. The molecule has 1 aliphatic rings. The van der Waals surface area contributed by atoms with Gasteiger partial charge in [-0.3, -0.25) is 0 Å². The molecule has 0 saturated heterocycles. The zero-order valence-corrected chi connectivity index (χ0v) is 13.9. The maximum atomic E-state index is 13.6. The van der Waals surface area contributed by atoms with Gasteiger partial charge in [0.05, 0.1) is 11.4 Å². The number of hydrogen-bond donors (Lipinski definition) is 0. The number of allylic oxidation sites excluding steroid dienone is 4. The lowest BCUT2D eigenvalue weighted by atomic mass is 9.87. The Morgan fingerprint density at radius 1 is 0.571 bits per heavy atom. The molecule has 136 valence electrons. The van der Waals surface area contributed by atoms with Crippen molar-refractivity contribution >= 4 is 22.6 Å². The maximum absolute atomic E-state index is 13.6. The van der Waals surface area contributed by atoms with Crippen LogP contribution in [-0.4, -0.2) is 11.4 Å². The number of benzene rings is 2. The smallest absolute Gasteiger partial charge is 0.206 e. The Bertz CT molecular complexity index is 1040. The quantitative estimate of drug-likeness (QED) is 0.435. The van der Waals surface area contributed by atoms with Crippen LogP contribution in [0, 0.1) is 46.2 Å². The van der Waals surface area contributed by atoms with Gasteiger partial charge in [-0.15, -0.1) is 0 Å². The van der Waals surface area contributed by atoms with E-state index >= 15 is 0 Å². The van der Waals surface area contributed by atoms with E-state index in [1.54, 1.807) is 12.4 Å². The molecule has 1 aliphatic carbocycles. The van der Waals surface area contributed by atoms with Crippen LogP contribution in [-0.2, 0) is 0 Å². The molecule has 0 radical (unpaired) electrons. The van der Waals surface area contributed by atoms with Crippen molar-refractivity contribution in [1.29, 1.82) is 10.5 Å². The molecule has 0 aliphatic heterocycles. The first-order chi connectivity index (χ1) is 13.4. The summed E-state index contributed by atoms with van der Waals surface area (Å²) < 4.78 is 54.5. The van der Waals surface area contributed by atoms with Gasteiger partial charge in [0.1, 0.15) is 23.3 Å². The Hall–Kier alpha value is -4.04. The van der Waals surface area contributed by atoms with E-state index in [0.29, 0.717) is 12.1 Å². The molecule has 2 aromatic carbocycles. The molecule has 0 aromatic heterocycles. The molecule has 0 fully saturated rings. The summed E-state index contributed by atoms with van der Waals surface area (Å²) in [6.07, 6.45) is 5.68. The first-order valence-electron chi connectivity index (χ1n) is 7.72. The van der Waals surface area contributed by atoms with Crippen molar-refractivity contribution in [3.63, 3.8) is 0 Å². The predicted molar refractivity (Wildman–Crippen MR) is 94.8 cm³/mol. The Kier molecular flexibility index (Phi) is 5.14. The summed E-state index contributed by atoms with van der Waals surface area (Å²) in [5.41, 5.74) is 0.327. The molecule has 0 amide bonds. The number of nitrogens with zero attached hydrogens (tertiary/aromatic N) is 4. The van der Waals surface area contributed by atoms with E-state index in [-0.39, 0.29) is 33.7 Å². The molecule has 3 rings (SSSR count). The molecule has 0 bridgehead atoms. The Balaban J connectivity index is 2.23. The summed E-state index contributed by atoms with van der Waals surface area (Å²) >= 11 is 0. The monoisotopic (exact) mass is 380 g/mol. The third kappa shape index (κ3) is 3.87. The van der Waals surface area contributed by atoms with Gasteiger partial charge in [-0.1, -0.05) is 0 Å². The molecule has 0 saturated carbocycles. The fraction of sp³-hybridized carbons (Fsp3) is 0. The van der Waals surface area contributed by atoms with Gasteiger partial charge in [0.25, 0.3) is 0 Å². The second kappa shape index (κ2) is 7.68. The molecule has 28 heavy (non-hydrogen) atoms. The summed E-state index contributed by atoms with van der Waals surface area (Å²) in [7, 11) is 0. The van der Waals surface area contributed by atoms with Crippen LogP contribution < -0.4 is 0 Å². The van der Waals surface area contributed by atoms with Gasteiger partial charge < -0.3 is 0 Å². The lowest BCUT2D eigenvalue weighted by molar-refractivity contribution is 0.582. The van der Waals surface area contributed by atoms with E-state index in [1.807, 2.05) is 0 Å². The van der Waals surface area contributed by atoms with Crippen molar-refractivity contribution in [3.8, 4) is 12.4 Å². The van der Waals surface area contributed by atoms with Crippen LogP contribution >= 0.6 is 0 Å². The summed E-state index contributed by atoms with van der Waals surface area (Å²) in [5, 5.41) is 17.9. The Labute approximate surface area is 156 Å². The second-order valence-electron chi connectivity index (χ2n) is 5.63. The molecule has 0 atom stereocenters. The molecule has 2 aromatic rings. The van der Waals surface area contributed by atoms with Crippen molar-refractivity contribution in [2.24, 2.45) is 9.98 Å². The van der Waals surface area contributed by atoms with E-state index in [2.05, 4.69) is 9.98 Å². The fourth-order valence-corrected chi connectivity index (χ4v) is 2.75. The highest BCUT2D eigenvalue weighted by Crippen LogP contribution is 2.30. The molecular weight excluding hydrogens is 372 g/mol. The van der Waals surface area contributed by atoms with Crippen molar-refractivity contribution in [1.82, 2.24) is 0 Å².